The van der Waals surface area contributed by atoms with Crippen molar-refractivity contribution in [3.05, 3.63) is 58.6 Å². The Kier molecular flexibility index (Phi) is 5.92. The van der Waals surface area contributed by atoms with Gasteiger partial charge < -0.3 is 10.2 Å². The molecular weight excluding hydrogens is 369 g/mol. The van der Waals surface area contributed by atoms with Gasteiger partial charge in [0.15, 0.2) is 0 Å². The molecule has 0 saturated carbocycles. The summed E-state index contributed by atoms with van der Waals surface area (Å²) in [5, 5.41) is 2.60. The van der Waals surface area contributed by atoms with Crippen molar-refractivity contribution in [2.75, 3.05) is 16.8 Å². The Morgan fingerprint density at radius 3 is 2.42 bits per heavy atom. The Morgan fingerprint density at radius 2 is 1.81 bits per heavy atom. The number of nitrogens with one attached hydrogen (secondary N) is 1. The van der Waals surface area contributed by atoms with Gasteiger partial charge in [0.2, 0.25) is 11.8 Å². The first-order valence-electron chi connectivity index (χ1n) is 7.60. The number of alkyl halides is 3. The van der Waals surface area contributed by atoms with E-state index in [0.29, 0.717) is 16.3 Å². The van der Waals surface area contributed by atoms with Crippen molar-refractivity contribution in [3.8, 4) is 0 Å². The second-order valence-corrected chi connectivity index (χ2v) is 6.06. The zero-order valence-corrected chi connectivity index (χ0v) is 14.8. The quantitative estimate of drug-likeness (QED) is 0.833. The predicted molar refractivity (Wildman–Crippen MR) is 94.3 cm³/mol. The number of hydrogen-bond donors (Lipinski definition) is 1. The van der Waals surface area contributed by atoms with Crippen LogP contribution in [0.4, 0.5) is 24.5 Å². The van der Waals surface area contributed by atoms with E-state index in [1.54, 1.807) is 19.1 Å². The normalized spacial score (nSPS) is 11.2. The van der Waals surface area contributed by atoms with E-state index in [1.165, 1.54) is 25.1 Å². The fourth-order valence-corrected chi connectivity index (χ4v) is 2.58. The van der Waals surface area contributed by atoms with Crippen molar-refractivity contribution in [1.29, 1.82) is 0 Å². The second-order valence-electron chi connectivity index (χ2n) is 5.63. The summed E-state index contributed by atoms with van der Waals surface area (Å²) >= 11 is 5.94. The number of rotatable bonds is 4. The fourth-order valence-electron chi connectivity index (χ4n) is 2.41. The number of anilines is 2. The lowest BCUT2D eigenvalue weighted by Gasteiger charge is -2.23. The van der Waals surface area contributed by atoms with Crippen molar-refractivity contribution >= 4 is 34.8 Å². The van der Waals surface area contributed by atoms with Gasteiger partial charge in [0.05, 0.1) is 11.3 Å². The van der Waals surface area contributed by atoms with Crippen LogP contribution in [0.15, 0.2) is 42.5 Å². The number of carbonyl (C=O) groups excluding carboxylic acids is 2. The van der Waals surface area contributed by atoms with Gasteiger partial charge in [-0.3, -0.25) is 9.59 Å². The molecule has 138 valence electrons. The van der Waals surface area contributed by atoms with Crippen LogP contribution in [0.3, 0.4) is 0 Å². The van der Waals surface area contributed by atoms with Crippen molar-refractivity contribution in [1.82, 2.24) is 0 Å². The van der Waals surface area contributed by atoms with Crippen molar-refractivity contribution in [2.45, 2.75) is 20.0 Å². The number of aryl methyl sites for hydroxylation is 1. The van der Waals surface area contributed by atoms with Gasteiger partial charge >= 0.3 is 6.18 Å². The Morgan fingerprint density at radius 1 is 1.15 bits per heavy atom. The molecule has 0 heterocycles. The van der Waals surface area contributed by atoms with Gasteiger partial charge in [0, 0.05) is 17.6 Å². The van der Waals surface area contributed by atoms with E-state index in [4.69, 9.17) is 11.6 Å². The van der Waals surface area contributed by atoms with Gasteiger partial charge in [-0.25, -0.2) is 0 Å². The molecule has 0 spiro atoms. The summed E-state index contributed by atoms with van der Waals surface area (Å²) in [6, 6.07) is 9.49. The molecule has 2 amide bonds. The number of para-hydroxylation sites is 1. The molecule has 2 aromatic rings. The van der Waals surface area contributed by atoms with E-state index < -0.39 is 30.1 Å². The molecular formula is C18H16ClF3N2O2. The number of carbonyl (C=O) groups is 2. The van der Waals surface area contributed by atoms with Gasteiger partial charge in [0.1, 0.15) is 6.54 Å². The molecule has 4 nitrogen and oxygen atoms in total. The van der Waals surface area contributed by atoms with Gasteiger partial charge in [-0.2, -0.15) is 13.2 Å². The highest BCUT2D eigenvalue weighted by Gasteiger charge is 2.33. The third-order valence-electron chi connectivity index (χ3n) is 3.65. The lowest BCUT2D eigenvalue weighted by molar-refractivity contribution is -0.137. The molecule has 0 saturated heterocycles. The van der Waals surface area contributed by atoms with Crippen LogP contribution < -0.4 is 10.2 Å². The molecule has 0 aromatic heterocycles. The first-order valence-corrected chi connectivity index (χ1v) is 7.97. The largest absolute Gasteiger partial charge is 0.418 e. The predicted octanol–water partition coefficient (Wildman–Crippen LogP) is 4.66. The van der Waals surface area contributed by atoms with Crippen LogP contribution in [0.1, 0.15) is 18.1 Å². The lowest BCUT2D eigenvalue weighted by Crippen LogP contribution is -2.37. The third kappa shape index (κ3) is 4.76. The minimum absolute atomic E-state index is 0.365. The minimum Gasteiger partial charge on any atom is -0.324 e. The Bertz CT molecular complexity index is 837. The highest BCUT2D eigenvalue weighted by atomic mass is 35.5. The summed E-state index contributed by atoms with van der Waals surface area (Å²) in [7, 11) is 0. The van der Waals surface area contributed by atoms with Crippen LogP contribution in [0, 0.1) is 6.92 Å². The summed E-state index contributed by atoms with van der Waals surface area (Å²) in [5.74, 6) is -1.19. The average molecular weight is 385 g/mol. The molecule has 0 aliphatic carbocycles. The summed E-state index contributed by atoms with van der Waals surface area (Å²) in [6.07, 6.45) is -4.60. The standard InChI is InChI=1S/C18H16ClF3N2O2/c1-11-7-8-13(19)9-16(11)24(12(2)25)10-17(26)23-15-6-4-3-5-14(15)18(20,21)22/h3-9H,10H2,1-2H3,(H,23,26). The summed E-state index contributed by atoms with van der Waals surface area (Å²) in [5.41, 5.74) is -0.199. The molecule has 8 heteroatoms. The number of amides is 2. The van der Waals surface area contributed by atoms with Crippen molar-refractivity contribution < 1.29 is 22.8 Å². The molecule has 0 radical (unpaired) electrons. The molecule has 0 aliphatic rings. The van der Waals surface area contributed by atoms with E-state index in [-0.39, 0.29) is 5.69 Å². The van der Waals surface area contributed by atoms with Gasteiger partial charge in [0.25, 0.3) is 0 Å². The maximum Gasteiger partial charge on any atom is 0.418 e. The molecule has 2 rings (SSSR count). The van der Waals surface area contributed by atoms with E-state index in [1.807, 2.05) is 0 Å². The maximum atomic E-state index is 13.0. The van der Waals surface area contributed by atoms with Crippen molar-refractivity contribution in [3.63, 3.8) is 0 Å². The molecule has 1 N–H and O–H groups in total. The van der Waals surface area contributed by atoms with Crippen LogP contribution in [0.2, 0.25) is 5.02 Å². The van der Waals surface area contributed by atoms with Gasteiger partial charge in [-0.15, -0.1) is 0 Å². The highest BCUT2D eigenvalue weighted by Crippen LogP contribution is 2.34. The zero-order chi connectivity index (χ0) is 19.5. The van der Waals surface area contributed by atoms with Gasteiger partial charge in [-0.05, 0) is 36.8 Å². The highest BCUT2D eigenvalue weighted by molar-refractivity contribution is 6.31. The lowest BCUT2D eigenvalue weighted by atomic mass is 10.1. The smallest absolute Gasteiger partial charge is 0.324 e. The zero-order valence-electron chi connectivity index (χ0n) is 14.0. The summed E-state index contributed by atoms with van der Waals surface area (Å²) in [4.78, 5) is 25.4. The Hall–Kier alpha value is -2.54. The minimum atomic E-state index is -4.60. The number of benzene rings is 2. The van der Waals surface area contributed by atoms with Crippen LogP contribution in [0.5, 0.6) is 0 Å². The number of hydrogen-bond acceptors (Lipinski definition) is 2. The van der Waals surface area contributed by atoms with Crippen LogP contribution >= 0.6 is 11.6 Å². The topological polar surface area (TPSA) is 49.4 Å². The first kappa shape index (κ1) is 19.8. The third-order valence-corrected chi connectivity index (χ3v) is 3.89. The Labute approximate surface area is 153 Å². The van der Waals surface area contributed by atoms with E-state index in [9.17, 15) is 22.8 Å². The molecule has 0 fully saturated rings. The monoisotopic (exact) mass is 384 g/mol. The van der Waals surface area contributed by atoms with Crippen LogP contribution in [-0.2, 0) is 15.8 Å². The average Bonchev–Trinajstić information content (AvgIpc) is 2.54. The summed E-state index contributed by atoms with van der Waals surface area (Å²) in [6.45, 7) is 2.55. The Balaban J connectivity index is 2.25. The molecule has 26 heavy (non-hydrogen) atoms. The first-order chi connectivity index (χ1) is 12.1. The van der Waals surface area contributed by atoms with E-state index in [2.05, 4.69) is 5.32 Å². The van der Waals surface area contributed by atoms with Crippen LogP contribution in [-0.4, -0.2) is 18.4 Å². The van der Waals surface area contributed by atoms with E-state index >= 15 is 0 Å². The maximum absolute atomic E-state index is 13.0. The SMILES string of the molecule is CC(=O)N(CC(=O)Nc1ccccc1C(F)(F)F)c1cc(Cl)ccc1C. The van der Waals surface area contributed by atoms with Crippen LogP contribution in [0.25, 0.3) is 0 Å². The molecule has 0 unspecified atom stereocenters. The molecule has 0 aliphatic heterocycles. The number of halogens is 4. The van der Waals surface area contributed by atoms with Crippen molar-refractivity contribution in [2.24, 2.45) is 0 Å². The fraction of sp³-hybridized carbons (Fsp3) is 0.222. The molecule has 0 bridgehead atoms. The van der Waals surface area contributed by atoms with Gasteiger partial charge in [-0.1, -0.05) is 29.8 Å². The molecule has 2 aromatic carbocycles. The molecule has 0 atom stereocenters. The second kappa shape index (κ2) is 7.78. The number of nitrogens with zero attached hydrogens (tertiary/aromatic N) is 1. The summed E-state index contributed by atoms with van der Waals surface area (Å²) < 4.78 is 39.1. The van der Waals surface area contributed by atoms with E-state index in [0.717, 1.165) is 17.0 Å².